The van der Waals surface area contributed by atoms with E-state index in [4.69, 9.17) is 9.47 Å². The zero-order valence-electron chi connectivity index (χ0n) is 21.0. The number of alkyl carbamates (subject to hydrolysis) is 1. The van der Waals surface area contributed by atoms with Crippen LogP contribution in [0.1, 0.15) is 46.6 Å². The van der Waals surface area contributed by atoms with Gasteiger partial charge in [-0.05, 0) is 56.9 Å². The van der Waals surface area contributed by atoms with Gasteiger partial charge in [0.2, 0.25) is 0 Å². The molecule has 3 N–H and O–H groups in total. The molecule has 0 spiro atoms. The molecule has 0 aliphatic heterocycles. The normalized spacial score (nSPS) is 12.4. The first kappa shape index (κ1) is 28.6. The highest BCUT2D eigenvalue weighted by molar-refractivity contribution is 7.90. The van der Waals surface area contributed by atoms with Crippen LogP contribution in [0.3, 0.4) is 0 Å². The Morgan fingerprint density at radius 3 is 2.22 bits per heavy atom. The van der Waals surface area contributed by atoms with Crippen LogP contribution in [0, 0.1) is 5.92 Å². The summed E-state index contributed by atoms with van der Waals surface area (Å²) in [6.07, 6.45) is -1.41. The zero-order chi connectivity index (χ0) is 26.9. The van der Waals surface area contributed by atoms with Gasteiger partial charge in [0, 0.05) is 5.69 Å². The van der Waals surface area contributed by atoms with Gasteiger partial charge in [0.1, 0.15) is 18.2 Å². The Balaban J connectivity index is 2.07. The van der Waals surface area contributed by atoms with E-state index in [0.29, 0.717) is 0 Å². The van der Waals surface area contributed by atoms with E-state index in [1.807, 2.05) is 36.8 Å². The summed E-state index contributed by atoms with van der Waals surface area (Å²) in [5.74, 6) is -0.928. The molecule has 196 valence electrons. The van der Waals surface area contributed by atoms with Crippen molar-refractivity contribution in [1.29, 1.82) is 0 Å². The third-order valence-electron chi connectivity index (χ3n) is 4.55. The van der Waals surface area contributed by atoms with Crippen molar-refractivity contribution in [2.45, 2.75) is 64.2 Å². The molecule has 0 fully saturated rings. The van der Waals surface area contributed by atoms with Crippen molar-refractivity contribution in [1.82, 2.24) is 10.0 Å². The maximum absolute atomic E-state index is 12.9. The monoisotopic (exact) mass is 519 g/mol. The van der Waals surface area contributed by atoms with E-state index in [1.54, 1.807) is 32.9 Å². The van der Waals surface area contributed by atoms with E-state index in [-0.39, 0.29) is 29.5 Å². The van der Waals surface area contributed by atoms with Gasteiger partial charge in [0.25, 0.3) is 15.9 Å². The first-order valence-corrected chi connectivity index (χ1v) is 12.9. The van der Waals surface area contributed by atoms with Crippen LogP contribution in [0.5, 0.6) is 0 Å². The smallest absolute Gasteiger partial charge is 0.411 e. The van der Waals surface area contributed by atoms with E-state index in [1.165, 1.54) is 24.3 Å². The topological polar surface area (TPSA) is 140 Å². The summed E-state index contributed by atoms with van der Waals surface area (Å²) in [6, 6.07) is 13.3. The molecule has 3 amide bonds. The summed E-state index contributed by atoms with van der Waals surface area (Å²) < 4.78 is 38.1. The summed E-state index contributed by atoms with van der Waals surface area (Å²) >= 11 is 0. The van der Waals surface area contributed by atoms with Gasteiger partial charge in [-0.15, -0.1) is 0 Å². The molecule has 1 atom stereocenters. The lowest BCUT2D eigenvalue weighted by Crippen LogP contribution is -2.50. The van der Waals surface area contributed by atoms with Crippen LogP contribution in [-0.4, -0.2) is 38.2 Å². The second-order valence-electron chi connectivity index (χ2n) is 9.51. The fourth-order valence-electron chi connectivity index (χ4n) is 3.03. The number of ether oxygens (including phenoxy) is 2. The quantitative estimate of drug-likeness (QED) is 0.451. The first-order valence-electron chi connectivity index (χ1n) is 11.4. The summed E-state index contributed by atoms with van der Waals surface area (Å²) in [7, 11) is -4.31. The standard InChI is InChI=1S/C25H33N3O7S/c1-17(2)14-21(27-24(31)35-25(3,4)5)22(29)28-36(32,33)20-13-9-12-19(15-20)26-23(30)34-16-18-10-7-6-8-11-18/h6-13,15,17,21H,14,16H2,1-5H3,(H,26,30)(H,27,31)(H,28,29)/t21-/m0/s1. The average Bonchev–Trinajstić information content (AvgIpc) is 2.76. The number of rotatable bonds is 9. The molecule has 0 bridgehead atoms. The van der Waals surface area contributed by atoms with Crippen molar-refractivity contribution in [3.63, 3.8) is 0 Å². The van der Waals surface area contributed by atoms with Gasteiger partial charge in [-0.3, -0.25) is 10.1 Å². The number of sulfonamides is 1. The average molecular weight is 520 g/mol. The molecule has 11 heteroatoms. The highest BCUT2D eigenvalue weighted by atomic mass is 32.2. The summed E-state index contributed by atoms with van der Waals surface area (Å²) in [5, 5.41) is 4.90. The molecule has 10 nitrogen and oxygen atoms in total. The number of anilines is 1. The Labute approximate surface area is 211 Å². The lowest BCUT2D eigenvalue weighted by molar-refractivity contribution is -0.121. The molecule has 2 aromatic carbocycles. The number of carbonyl (C=O) groups is 3. The molecule has 0 saturated carbocycles. The highest BCUT2D eigenvalue weighted by Crippen LogP contribution is 2.17. The van der Waals surface area contributed by atoms with Crippen molar-refractivity contribution in [3.05, 3.63) is 60.2 Å². The van der Waals surface area contributed by atoms with Crippen molar-refractivity contribution in [2.75, 3.05) is 5.32 Å². The number of hydrogen-bond acceptors (Lipinski definition) is 7. The molecule has 0 heterocycles. The Bertz CT molecular complexity index is 1160. The van der Waals surface area contributed by atoms with Gasteiger partial charge < -0.3 is 14.8 Å². The lowest BCUT2D eigenvalue weighted by Gasteiger charge is -2.24. The van der Waals surface area contributed by atoms with E-state index in [9.17, 15) is 22.8 Å². The molecule has 36 heavy (non-hydrogen) atoms. The zero-order valence-corrected chi connectivity index (χ0v) is 21.8. The summed E-state index contributed by atoms with van der Waals surface area (Å²) in [6.45, 7) is 8.73. The predicted octanol–water partition coefficient (Wildman–Crippen LogP) is 4.18. The Hall–Kier alpha value is -3.60. The van der Waals surface area contributed by atoms with Crippen molar-refractivity contribution >= 4 is 33.8 Å². The number of carbonyl (C=O) groups excluding carboxylic acids is 3. The second kappa shape index (κ2) is 12.4. The van der Waals surface area contributed by atoms with E-state index in [2.05, 4.69) is 10.6 Å². The highest BCUT2D eigenvalue weighted by Gasteiger charge is 2.28. The van der Waals surface area contributed by atoms with Crippen molar-refractivity contribution in [3.8, 4) is 0 Å². The second-order valence-corrected chi connectivity index (χ2v) is 11.2. The largest absolute Gasteiger partial charge is 0.444 e. The van der Waals surface area contributed by atoms with Crippen LogP contribution in [0.15, 0.2) is 59.5 Å². The van der Waals surface area contributed by atoms with E-state index < -0.39 is 39.8 Å². The first-order chi connectivity index (χ1) is 16.7. The third-order valence-corrected chi connectivity index (χ3v) is 5.90. The van der Waals surface area contributed by atoms with Crippen molar-refractivity contribution < 1.29 is 32.3 Å². The SMILES string of the molecule is CC(C)C[C@H](NC(=O)OC(C)(C)C)C(=O)NS(=O)(=O)c1cccc(NC(=O)OCc2ccccc2)c1. The maximum atomic E-state index is 12.9. The minimum absolute atomic E-state index is 0.0205. The Morgan fingerprint density at radius 1 is 0.944 bits per heavy atom. The van der Waals surface area contributed by atoms with Crippen LogP contribution in [-0.2, 0) is 30.9 Å². The van der Waals surface area contributed by atoms with Crippen LogP contribution in [0.4, 0.5) is 15.3 Å². The third kappa shape index (κ3) is 9.95. The van der Waals surface area contributed by atoms with Crippen LogP contribution in [0.25, 0.3) is 0 Å². The Morgan fingerprint density at radius 2 is 1.61 bits per heavy atom. The fraction of sp³-hybridized carbons (Fsp3) is 0.400. The van der Waals surface area contributed by atoms with E-state index in [0.717, 1.165) is 5.56 Å². The molecule has 0 unspecified atom stereocenters. The Kier molecular flexibility index (Phi) is 9.85. The lowest BCUT2D eigenvalue weighted by atomic mass is 10.0. The van der Waals surface area contributed by atoms with Gasteiger partial charge in [0.05, 0.1) is 4.90 Å². The number of hydrogen-bond donors (Lipinski definition) is 3. The molecule has 0 aliphatic rings. The van der Waals surface area contributed by atoms with Gasteiger partial charge in [0.15, 0.2) is 0 Å². The molecule has 0 radical (unpaired) electrons. The van der Waals surface area contributed by atoms with Crippen molar-refractivity contribution in [2.24, 2.45) is 5.92 Å². The predicted molar refractivity (Wildman–Crippen MR) is 135 cm³/mol. The number of benzene rings is 2. The summed E-state index contributed by atoms with van der Waals surface area (Å²) in [5.41, 5.74) is 0.168. The number of amides is 3. The summed E-state index contributed by atoms with van der Waals surface area (Å²) in [4.78, 5) is 36.8. The van der Waals surface area contributed by atoms with Crippen LogP contribution >= 0.6 is 0 Å². The van der Waals surface area contributed by atoms with Crippen LogP contribution in [0.2, 0.25) is 0 Å². The number of nitrogens with one attached hydrogen (secondary N) is 3. The van der Waals surface area contributed by atoms with Gasteiger partial charge in [-0.25, -0.2) is 22.7 Å². The van der Waals surface area contributed by atoms with Gasteiger partial charge in [-0.1, -0.05) is 50.2 Å². The van der Waals surface area contributed by atoms with Gasteiger partial charge in [-0.2, -0.15) is 0 Å². The van der Waals surface area contributed by atoms with E-state index >= 15 is 0 Å². The fourth-order valence-corrected chi connectivity index (χ4v) is 4.10. The molecule has 2 rings (SSSR count). The molecule has 0 aromatic heterocycles. The molecule has 2 aromatic rings. The minimum Gasteiger partial charge on any atom is -0.444 e. The molecular weight excluding hydrogens is 486 g/mol. The minimum atomic E-state index is -4.31. The molecule has 0 aliphatic carbocycles. The van der Waals surface area contributed by atoms with Crippen LogP contribution < -0.4 is 15.4 Å². The van der Waals surface area contributed by atoms with Gasteiger partial charge >= 0.3 is 12.2 Å². The molecule has 0 saturated heterocycles. The maximum Gasteiger partial charge on any atom is 0.411 e. The molecular formula is C25H33N3O7S.